The standard InChI is InChI=1S/C14H19NO3/c1-10(16)3-2-4-11-5-7-12(8-6-11)9-13(15)14(17)18/h5-8,13H,2-4,9,15H2,1H3,(H,17,18). The second-order valence-electron chi connectivity index (χ2n) is 4.52. The van der Waals surface area contributed by atoms with E-state index < -0.39 is 12.0 Å². The number of nitrogens with two attached hydrogens (primary N) is 1. The fraction of sp³-hybridized carbons (Fsp3) is 0.429. The Morgan fingerprint density at radius 1 is 1.22 bits per heavy atom. The molecule has 18 heavy (non-hydrogen) atoms. The topological polar surface area (TPSA) is 80.4 Å². The van der Waals surface area contributed by atoms with Gasteiger partial charge in [-0.3, -0.25) is 4.79 Å². The molecule has 0 spiro atoms. The molecule has 1 rings (SSSR count). The zero-order valence-electron chi connectivity index (χ0n) is 10.6. The summed E-state index contributed by atoms with van der Waals surface area (Å²) >= 11 is 0. The first-order valence-electron chi connectivity index (χ1n) is 6.04. The van der Waals surface area contributed by atoms with Crippen LogP contribution in [0.5, 0.6) is 0 Å². The zero-order chi connectivity index (χ0) is 13.5. The van der Waals surface area contributed by atoms with E-state index in [0.29, 0.717) is 12.8 Å². The summed E-state index contributed by atoms with van der Waals surface area (Å²) in [6.45, 7) is 1.59. The van der Waals surface area contributed by atoms with Crippen LogP contribution in [0.1, 0.15) is 30.9 Å². The molecule has 0 radical (unpaired) electrons. The number of carboxylic acid groups (broad SMARTS) is 1. The minimum atomic E-state index is -0.986. The molecule has 0 saturated heterocycles. The van der Waals surface area contributed by atoms with E-state index in [0.717, 1.165) is 24.0 Å². The van der Waals surface area contributed by atoms with E-state index in [1.165, 1.54) is 0 Å². The van der Waals surface area contributed by atoms with Crippen LogP contribution in [-0.4, -0.2) is 22.9 Å². The molecule has 98 valence electrons. The lowest BCUT2D eigenvalue weighted by atomic mass is 10.0. The molecule has 1 aromatic rings. The van der Waals surface area contributed by atoms with Gasteiger partial charge in [0.15, 0.2) is 0 Å². The minimum Gasteiger partial charge on any atom is -0.480 e. The molecule has 0 amide bonds. The molecule has 1 aromatic carbocycles. The molecule has 0 bridgehead atoms. The molecule has 0 aliphatic rings. The zero-order valence-corrected chi connectivity index (χ0v) is 10.6. The first-order chi connectivity index (χ1) is 8.49. The maximum absolute atomic E-state index is 10.8. The van der Waals surface area contributed by atoms with Crippen molar-refractivity contribution in [3.05, 3.63) is 35.4 Å². The number of hydrogen-bond donors (Lipinski definition) is 2. The molecule has 4 heteroatoms. The number of hydrogen-bond acceptors (Lipinski definition) is 3. The molecule has 3 N–H and O–H groups in total. The lowest BCUT2D eigenvalue weighted by molar-refractivity contribution is -0.138. The number of rotatable bonds is 7. The van der Waals surface area contributed by atoms with Gasteiger partial charge in [-0.25, -0.2) is 0 Å². The highest BCUT2D eigenvalue weighted by Crippen LogP contribution is 2.09. The predicted octanol–water partition coefficient (Wildman–Crippen LogP) is 1.55. The highest BCUT2D eigenvalue weighted by molar-refractivity contribution is 5.75. The van der Waals surface area contributed by atoms with E-state index in [9.17, 15) is 9.59 Å². The molecule has 1 unspecified atom stereocenters. The first kappa shape index (κ1) is 14.4. The summed E-state index contributed by atoms with van der Waals surface area (Å²) in [5, 5.41) is 8.71. The summed E-state index contributed by atoms with van der Waals surface area (Å²) in [6, 6.07) is 6.86. The lowest BCUT2D eigenvalue weighted by Gasteiger charge is -2.07. The quantitative estimate of drug-likeness (QED) is 0.768. The van der Waals surface area contributed by atoms with Crippen LogP contribution in [0, 0.1) is 0 Å². The van der Waals surface area contributed by atoms with E-state index in [1.54, 1.807) is 6.92 Å². The minimum absolute atomic E-state index is 0.207. The van der Waals surface area contributed by atoms with E-state index in [4.69, 9.17) is 10.8 Å². The third-order valence-corrected chi connectivity index (χ3v) is 2.79. The van der Waals surface area contributed by atoms with Crippen molar-refractivity contribution in [1.82, 2.24) is 0 Å². The van der Waals surface area contributed by atoms with Crippen LogP contribution >= 0.6 is 0 Å². The summed E-state index contributed by atoms with van der Waals surface area (Å²) in [7, 11) is 0. The second kappa shape index (κ2) is 6.91. The number of ketones is 1. The molecular formula is C14H19NO3. The molecule has 0 aliphatic carbocycles. The van der Waals surface area contributed by atoms with Gasteiger partial charge in [-0.1, -0.05) is 24.3 Å². The molecule has 0 fully saturated rings. The van der Waals surface area contributed by atoms with Crippen molar-refractivity contribution in [2.75, 3.05) is 0 Å². The van der Waals surface area contributed by atoms with Gasteiger partial charge in [0.1, 0.15) is 11.8 Å². The highest BCUT2D eigenvalue weighted by Gasteiger charge is 2.11. The molecule has 0 heterocycles. The molecule has 0 aliphatic heterocycles. The average molecular weight is 249 g/mol. The van der Waals surface area contributed by atoms with Crippen molar-refractivity contribution in [3.8, 4) is 0 Å². The van der Waals surface area contributed by atoms with E-state index >= 15 is 0 Å². The van der Waals surface area contributed by atoms with Gasteiger partial charge in [-0.05, 0) is 37.3 Å². The van der Waals surface area contributed by atoms with Crippen molar-refractivity contribution in [2.24, 2.45) is 5.73 Å². The second-order valence-corrected chi connectivity index (χ2v) is 4.52. The van der Waals surface area contributed by atoms with Crippen molar-refractivity contribution >= 4 is 11.8 Å². The maximum atomic E-state index is 10.8. The average Bonchev–Trinajstić information content (AvgIpc) is 2.30. The number of aliphatic carboxylic acids is 1. The fourth-order valence-corrected chi connectivity index (χ4v) is 1.72. The van der Waals surface area contributed by atoms with Crippen molar-refractivity contribution in [1.29, 1.82) is 0 Å². The van der Waals surface area contributed by atoms with Crippen LogP contribution in [0.3, 0.4) is 0 Å². The van der Waals surface area contributed by atoms with Gasteiger partial charge in [-0.15, -0.1) is 0 Å². The van der Waals surface area contributed by atoms with Gasteiger partial charge in [-0.2, -0.15) is 0 Å². The Bertz CT molecular complexity index is 412. The van der Waals surface area contributed by atoms with Crippen molar-refractivity contribution < 1.29 is 14.7 Å². The Labute approximate surface area is 107 Å². The number of aryl methyl sites for hydroxylation is 1. The number of benzene rings is 1. The Morgan fingerprint density at radius 2 is 1.78 bits per heavy atom. The fourth-order valence-electron chi connectivity index (χ4n) is 1.72. The van der Waals surface area contributed by atoms with Gasteiger partial charge < -0.3 is 15.6 Å². The Kier molecular flexibility index (Phi) is 5.52. The van der Waals surface area contributed by atoms with Crippen LogP contribution in [-0.2, 0) is 22.4 Å². The third-order valence-electron chi connectivity index (χ3n) is 2.79. The third kappa shape index (κ3) is 5.10. The van der Waals surface area contributed by atoms with Gasteiger partial charge in [0, 0.05) is 6.42 Å². The SMILES string of the molecule is CC(=O)CCCc1ccc(CC(N)C(=O)O)cc1. The monoisotopic (exact) mass is 249 g/mol. The summed E-state index contributed by atoms with van der Waals surface area (Å²) in [6.07, 6.45) is 2.66. The Balaban J connectivity index is 2.47. The maximum Gasteiger partial charge on any atom is 0.320 e. The molecule has 1 atom stereocenters. The van der Waals surface area contributed by atoms with E-state index in [2.05, 4.69) is 0 Å². The van der Waals surface area contributed by atoms with Crippen LogP contribution in [0.2, 0.25) is 0 Å². The predicted molar refractivity (Wildman–Crippen MR) is 69.4 cm³/mol. The van der Waals surface area contributed by atoms with Crippen molar-refractivity contribution in [3.63, 3.8) is 0 Å². The van der Waals surface area contributed by atoms with Gasteiger partial charge in [0.25, 0.3) is 0 Å². The first-order valence-corrected chi connectivity index (χ1v) is 6.04. The summed E-state index contributed by atoms with van der Waals surface area (Å²) < 4.78 is 0. The lowest BCUT2D eigenvalue weighted by Crippen LogP contribution is -2.32. The molecular weight excluding hydrogens is 230 g/mol. The largest absolute Gasteiger partial charge is 0.480 e. The smallest absolute Gasteiger partial charge is 0.320 e. The van der Waals surface area contributed by atoms with Gasteiger partial charge in [0.2, 0.25) is 0 Å². The van der Waals surface area contributed by atoms with Crippen LogP contribution < -0.4 is 5.73 Å². The van der Waals surface area contributed by atoms with Gasteiger partial charge >= 0.3 is 5.97 Å². The normalized spacial score (nSPS) is 12.1. The van der Waals surface area contributed by atoms with Gasteiger partial charge in [0.05, 0.1) is 0 Å². The number of carbonyl (C=O) groups is 2. The number of Topliss-reactive ketones (excluding diaryl/α,β-unsaturated/α-hetero) is 1. The van der Waals surface area contributed by atoms with E-state index in [-0.39, 0.29) is 5.78 Å². The van der Waals surface area contributed by atoms with Crippen LogP contribution in [0.15, 0.2) is 24.3 Å². The van der Waals surface area contributed by atoms with Crippen LogP contribution in [0.4, 0.5) is 0 Å². The Hall–Kier alpha value is -1.68. The van der Waals surface area contributed by atoms with E-state index in [1.807, 2.05) is 24.3 Å². The van der Waals surface area contributed by atoms with Crippen LogP contribution in [0.25, 0.3) is 0 Å². The number of carbonyl (C=O) groups excluding carboxylic acids is 1. The summed E-state index contributed by atoms with van der Waals surface area (Å²) in [5.74, 6) is -0.778. The van der Waals surface area contributed by atoms with Crippen molar-refractivity contribution in [2.45, 2.75) is 38.6 Å². The summed E-state index contributed by atoms with van der Waals surface area (Å²) in [5.41, 5.74) is 7.54. The summed E-state index contributed by atoms with van der Waals surface area (Å²) in [4.78, 5) is 21.4. The Morgan fingerprint density at radius 3 is 2.28 bits per heavy atom. The number of carboxylic acids is 1. The molecule has 0 aromatic heterocycles. The molecule has 4 nitrogen and oxygen atoms in total. The molecule has 0 saturated carbocycles. The highest BCUT2D eigenvalue weighted by atomic mass is 16.4.